The van der Waals surface area contributed by atoms with Crippen LogP contribution in [0.5, 0.6) is 0 Å². The fraction of sp³-hybridized carbons (Fsp3) is 0.800. The summed E-state index contributed by atoms with van der Waals surface area (Å²) in [6.45, 7) is 3.92. The summed E-state index contributed by atoms with van der Waals surface area (Å²) in [5.74, 6) is 0.162. The average Bonchev–Trinajstić information content (AvgIpc) is 2.50. The van der Waals surface area contributed by atoms with Crippen LogP contribution in [0.3, 0.4) is 0 Å². The largest absolute Gasteiger partial charge is 0.356 e. The zero-order chi connectivity index (χ0) is 11.3. The number of rotatable bonds is 5. The van der Waals surface area contributed by atoms with Gasteiger partial charge in [0.25, 0.3) is 0 Å². The third-order valence-corrected chi connectivity index (χ3v) is 2.54. The molecule has 1 fully saturated rings. The Morgan fingerprint density at radius 1 is 1.60 bits per heavy atom. The van der Waals surface area contributed by atoms with Crippen LogP contribution in [0.1, 0.15) is 19.8 Å². The van der Waals surface area contributed by atoms with Crippen LogP contribution in [0.15, 0.2) is 0 Å². The van der Waals surface area contributed by atoms with E-state index in [9.17, 15) is 9.59 Å². The van der Waals surface area contributed by atoms with Gasteiger partial charge in [-0.05, 0) is 13.3 Å². The molecule has 2 N–H and O–H groups in total. The molecule has 0 aromatic heterocycles. The lowest BCUT2D eigenvalue weighted by Crippen LogP contribution is -2.38. The van der Waals surface area contributed by atoms with Gasteiger partial charge in [-0.1, -0.05) is 0 Å². The first-order valence-electron chi connectivity index (χ1n) is 5.40. The molecule has 5 heteroatoms. The highest BCUT2D eigenvalue weighted by Gasteiger charge is 2.28. The van der Waals surface area contributed by atoms with Crippen molar-refractivity contribution < 1.29 is 9.59 Å². The molecule has 2 amide bonds. The highest BCUT2D eigenvalue weighted by atomic mass is 16.2. The lowest BCUT2D eigenvalue weighted by molar-refractivity contribution is -0.128. The minimum absolute atomic E-state index is 0.0313. The van der Waals surface area contributed by atoms with Crippen molar-refractivity contribution in [2.45, 2.75) is 25.8 Å². The van der Waals surface area contributed by atoms with E-state index in [-0.39, 0.29) is 17.9 Å². The number of likely N-dealkylation sites (tertiary alicyclic amines) is 1. The second-order valence-corrected chi connectivity index (χ2v) is 3.76. The molecule has 1 rings (SSSR count). The van der Waals surface area contributed by atoms with Gasteiger partial charge in [-0.2, -0.15) is 0 Å². The maximum Gasteiger partial charge on any atom is 0.239 e. The summed E-state index contributed by atoms with van der Waals surface area (Å²) in [7, 11) is 1.80. The second-order valence-electron chi connectivity index (χ2n) is 3.76. The Labute approximate surface area is 90.2 Å². The smallest absolute Gasteiger partial charge is 0.239 e. The first-order chi connectivity index (χ1) is 7.15. The molecule has 15 heavy (non-hydrogen) atoms. The number of carbonyl (C=O) groups excluding carboxylic acids is 2. The molecule has 1 aliphatic rings. The van der Waals surface area contributed by atoms with Gasteiger partial charge in [-0.3, -0.25) is 9.59 Å². The highest BCUT2D eigenvalue weighted by molar-refractivity contribution is 5.83. The van der Waals surface area contributed by atoms with Gasteiger partial charge in [0.15, 0.2) is 0 Å². The number of amides is 2. The number of carbonyl (C=O) groups is 2. The van der Waals surface area contributed by atoms with Gasteiger partial charge in [0, 0.05) is 33.1 Å². The number of nitrogens with one attached hydrogen (secondary N) is 2. The minimum atomic E-state index is -0.0931. The van der Waals surface area contributed by atoms with Crippen LogP contribution in [0.4, 0.5) is 0 Å². The SMILES string of the molecule is CCNC(=O)CCNC1CCN(C)C1=O. The summed E-state index contributed by atoms with van der Waals surface area (Å²) in [5, 5.41) is 5.82. The van der Waals surface area contributed by atoms with Crippen LogP contribution < -0.4 is 10.6 Å². The predicted octanol–water partition coefficient (Wildman–Crippen LogP) is -0.667. The first-order valence-corrected chi connectivity index (χ1v) is 5.40. The second kappa shape index (κ2) is 5.70. The van der Waals surface area contributed by atoms with Gasteiger partial charge in [0.1, 0.15) is 0 Å². The topological polar surface area (TPSA) is 61.4 Å². The van der Waals surface area contributed by atoms with Gasteiger partial charge in [0.2, 0.25) is 11.8 Å². The molecular weight excluding hydrogens is 194 g/mol. The molecule has 1 unspecified atom stereocenters. The van der Waals surface area contributed by atoms with E-state index in [1.54, 1.807) is 11.9 Å². The van der Waals surface area contributed by atoms with Crippen LogP contribution in [0.2, 0.25) is 0 Å². The Hall–Kier alpha value is -1.10. The Bertz CT molecular complexity index is 243. The third kappa shape index (κ3) is 3.51. The van der Waals surface area contributed by atoms with Crippen LogP contribution in [-0.4, -0.2) is 49.4 Å². The molecule has 1 aliphatic heterocycles. The van der Waals surface area contributed by atoms with Crippen LogP contribution in [0, 0.1) is 0 Å². The minimum Gasteiger partial charge on any atom is -0.356 e. The summed E-state index contributed by atoms with van der Waals surface area (Å²) < 4.78 is 0. The van der Waals surface area contributed by atoms with E-state index in [1.807, 2.05) is 6.92 Å². The molecule has 5 nitrogen and oxygen atoms in total. The fourth-order valence-electron chi connectivity index (χ4n) is 1.66. The van der Waals surface area contributed by atoms with Crippen molar-refractivity contribution >= 4 is 11.8 Å². The Balaban J connectivity index is 2.15. The summed E-state index contributed by atoms with van der Waals surface area (Å²) in [6.07, 6.45) is 1.27. The highest BCUT2D eigenvalue weighted by Crippen LogP contribution is 2.07. The van der Waals surface area contributed by atoms with Crippen molar-refractivity contribution in [3.8, 4) is 0 Å². The summed E-state index contributed by atoms with van der Waals surface area (Å²) in [6, 6.07) is -0.0931. The maximum absolute atomic E-state index is 11.5. The van der Waals surface area contributed by atoms with Crippen LogP contribution >= 0.6 is 0 Å². The van der Waals surface area contributed by atoms with Crippen molar-refractivity contribution in [3.63, 3.8) is 0 Å². The Kier molecular flexibility index (Phi) is 4.55. The third-order valence-electron chi connectivity index (χ3n) is 2.54. The lowest BCUT2D eigenvalue weighted by Gasteiger charge is -2.11. The molecule has 1 saturated heterocycles. The molecule has 1 atom stereocenters. The Morgan fingerprint density at radius 2 is 2.33 bits per heavy atom. The zero-order valence-corrected chi connectivity index (χ0v) is 9.38. The van der Waals surface area contributed by atoms with Gasteiger partial charge in [-0.25, -0.2) is 0 Å². The van der Waals surface area contributed by atoms with Crippen LogP contribution in [-0.2, 0) is 9.59 Å². The zero-order valence-electron chi connectivity index (χ0n) is 9.38. The average molecular weight is 213 g/mol. The lowest BCUT2D eigenvalue weighted by atomic mass is 10.2. The molecule has 86 valence electrons. The number of likely N-dealkylation sites (N-methyl/N-ethyl adjacent to an activating group) is 1. The Morgan fingerprint density at radius 3 is 2.87 bits per heavy atom. The molecule has 1 heterocycles. The van der Waals surface area contributed by atoms with Crippen molar-refractivity contribution in [3.05, 3.63) is 0 Å². The van der Waals surface area contributed by atoms with Crippen molar-refractivity contribution in [2.24, 2.45) is 0 Å². The summed E-state index contributed by atoms with van der Waals surface area (Å²) in [5.41, 5.74) is 0. The maximum atomic E-state index is 11.5. The quantitative estimate of drug-likeness (QED) is 0.637. The molecule has 0 radical (unpaired) electrons. The van der Waals surface area contributed by atoms with Gasteiger partial charge in [-0.15, -0.1) is 0 Å². The molecule has 0 aromatic rings. The molecule has 0 spiro atoms. The molecule has 0 aliphatic carbocycles. The van der Waals surface area contributed by atoms with E-state index < -0.39 is 0 Å². The van der Waals surface area contributed by atoms with Crippen LogP contribution in [0.25, 0.3) is 0 Å². The van der Waals surface area contributed by atoms with Crippen molar-refractivity contribution in [2.75, 3.05) is 26.7 Å². The summed E-state index contributed by atoms with van der Waals surface area (Å²) >= 11 is 0. The van der Waals surface area contributed by atoms with E-state index in [4.69, 9.17) is 0 Å². The van der Waals surface area contributed by atoms with Gasteiger partial charge >= 0.3 is 0 Å². The normalized spacial score (nSPS) is 20.8. The number of hydrogen-bond acceptors (Lipinski definition) is 3. The van der Waals surface area contributed by atoms with E-state index in [0.717, 1.165) is 13.0 Å². The van der Waals surface area contributed by atoms with Crippen molar-refractivity contribution in [1.82, 2.24) is 15.5 Å². The fourth-order valence-corrected chi connectivity index (χ4v) is 1.66. The summed E-state index contributed by atoms with van der Waals surface area (Å²) in [4.78, 5) is 24.3. The van der Waals surface area contributed by atoms with Crippen molar-refractivity contribution in [1.29, 1.82) is 0 Å². The monoisotopic (exact) mass is 213 g/mol. The van der Waals surface area contributed by atoms with E-state index >= 15 is 0 Å². The van der Waals surface area contributed by atoms with Gasteiger partial charge in [0.05, 0.1) is 6.04 Å². The molecule has 0 saturated carbocycles. The number of hydrogen-bond donors (Lipinski definition) is 2. The molecular formula is C10H19N3O2. The van der Waals surface area contributed by atoms with E-state index in [1.165, 1.54) is 0 Å². The first kappa shape index (κ1) is 12.0. The van der Waals surface area contributed by atoms with E-state index in [2.05, 4.69) is 10.6 Å². The number of nitrogens with zero attached hydrogens (tertiary/aromatic N) is 1. The molecule has 0 bridgehead atoms. The standard InChI is InChI=1S/C10H19N3O2/c1-3-11-9(14)4-6-12-8-5-7-13(2)10(8)15/h8,12H,3-7H2,1-2H3,(H,11,14). The van der Waals surface area contributed by atoms with Gasteiger partial charge < -0.3 is 15.5 Å². The van der Waals surface area contributed by atoms with E-state index in [0.29, 0.717) is 19.5 Å². The predicted molar refractivity (Wildman–Crippen MR) is 57.3 cm³/mol. The molecule has 0 aromatic carbocycles.